The van der Waals surface area contributed by atoms with Crippen molar-refractivity contribution in [1.82, 2.24) is 20.2 Å². The van der Waals surface area contributed by atoms with Crippen LogP contribution in [0.1, 0.15) is 5.69 Å². The van der Waals surface area contributed by atoms with Gasteiger partial charge >= 0.3 is 0 Å². The summed E-state index contributed by atoms with van der Waals surface area (Å²) in [5, 5.41) is 9.97. The Kier molecular flexibility index (Phi) is 2.07. The van der Waals surface area contributed by atoms with Crippen LogP contribution in [0.15, 0.2) is 36.5 Å². The van der Waals surface area contributed by atoms with Crippen LogP contribution in [0.25, 0.3) is 11.0 Å². The Balaban J connectivity index is 1.79. The first-order valence-electron chi connectivity index (χ1n) is 5.09. The molecule has 0 saturated heterocycles. The molecule has 80 valence electrons. The first kappa shape index (κ1) is 8.96. The van der Waals surface area contributed by atoms with Crippen molar-refractivity contribution in [3.8, 4) is 0 Å². The third kappa shape index (κ3) is 1.63. The first-order chi connectivity index (χ1) is 7.92. The molecule has 0 aliphatic rings. The molecule has 5 nitrogen and oxygen atoms in total. The largest absolute Gasteiger partial charge is 0.350 e. The highest BCUT2D eigenvalue weighted by atomic mass is 15.1. The van der Waals surface area contributed by atoms with Crippen molar-refractivity contribution >= 4 is 17.0 Å². The molecule has 2 heterocycles. The molecule has 0 atom stereocenters. The van der Waals surface area contributed by atoms with E-state index >= 15 is 0 Å². The summed E-state index contributed by atoms with van der Waals surface area (Å²) >= 11 is 0. The highest BCUT2D eigenvalue weighted by Crippen LogP contribution is 2.13. The summed E-state index contributed by atoms with van der Waals surface area (Å²) in [5.74, 6) is 0.774. The maximum Gasteiger partial charge on any atom is 0.201 e. The van der Waals surface area contributed by atoms with Crippen molar-refractivity contribution in [2.24, 2.45) is 0 Å². The fourth-order valence-corrected chi connectivity index (χ4v) is 1.60. The minimum Gasteiger partial charge on any atom is -0.350 e. The molecule has 0 spiro atoms. The second kappa shape index (κ2) is 3.69. The number of benzene rings is 1. The van der Waals surface area contributed by atoms with E-state index in [1.54, 1.807) is 6.20 Å². The van der Waals surface area contributed by atoms with Gasteiger partial charge in [0.15, 0.2) is 0 Å². The predicted octanol–water partition coefficient (Wildman–Crippen LogP) is 1.90. The maximum atomic E-state index is 4.41. The van der Waals surface area contributed by atoms with Gasteiger partial charge in [-0.3, -0.25) is 5.10 Å². The van der Waals surface area contributed by atoms with E-state index in [0.29, 0.717) is 6.54 Å². The highest BCUT2D eigenvalue weighted by Gasteiger charge is 2.01. The number of nitrogens with one attached hydrogen (secondary N) is 3. The summed E-state index contributed by atoms with van der Waals surface area (Å²) in [7, 11) is 0. The summed E-state index contributed by atoms with van der Waals surface area (Å²) in [4.78, 5) is 7.61. The molecule has 0 fully saturated rings. The number of fused-ring (bicyclic) bond motifs is 1. The molecule has 0 saturated carbocycles. The van der Waals surface area contributed by atoms with Gasteiger partial charge in [-0.15, -0.1) is 0 Å². The van der Waals surface area contributed by atoms with E-state index in [-0.39, 0.29) is 0 Å². The van der Waals surface area contributed by atoms with Gasteiger partial charge in [0.05, 0.1) is 23.3 Å². The molecule has 3 aromatic rings. The Hall–Kier alpha value is -2.30. The lowest BCUT2D eigenvalue weighted by Crippen LogP contribution is -2.00. The van der Waals surface area contributed by atoms with E-state index in [2.05, 4.69) is 25.5 Å². The van der Waals surface area contributed by atoms with Gasteiger partial charge in [-0.2, -0.15) is 5.10 Å². The lowest BCUT2D eigenvalue weighted by molar-refractivity contribution is 0.970. The molecule has 2 aromatic heterocycles. The summed E-state index contributed by atoms with van der Waals surface area (Å²) < 4.78 is 0. The summed E-state index contributed by atoms with van der Waals surface area (Å²) in [6.45, 7) is 0.680. The van der Waals surface area contributed by atoms with Gasteiger partial charge < -0.3 is 10.3 Å². The molecule has 0 unspecified atom stereocenters. The molecule has 3 N–H and O–H groups in total. The molecule has 5 heteroatoms. The lowest BCUT2D eigenvalue weighted by atomic mass is 10.3. The fourth-order valence-electron chi connectivity index (χ4n) is 1.60. The number of aromatic amines is 2. The molecular weight excluding hydrogens is 202 g/mol. The molecular formula is C11H11N5. The van der Waals surface area contributed by atoms with Crippen LogP contribution in [-0.2, 0) is 6.54 Å². The molecule has 0 aliphatic carbocycles. The minimum atomic E-state index is 0.680. The molecule has 0 aliphatic heterocycles. The SMILES string of the molecule is c1ccc2[nH]c(NCc3ccn[nH]3)nc2c1. The highest BCUT2D eigenvalue weighted by molar-refractivity contribution is 5.77. The number of H-pyrrole nitrogens is 2. The maximum absolute atomic E-state index is 4.41. The van der Waals surface area contributed by atoms with E-state index in [0.717, 1.165) is 22.7 Å². The van der Waals surface area contributed by atoms with E-state index in [1.807, 2.05) is 30.3 Å². The number of anilines is 1. The zero-order valence-corrected chi connectivity index (χ0v) is 8.57. The van der Waals surface area contributed by atoms with Gasteiger partial charge in [0.1, 0.15) is 0 Å². The second-order valence-corrected chi connectivity index (χ2v) is 3.54. The Morgan fingerprint density at radius 1 is 1.19 bits per heavy atom. The molecule has 0 bridgehead atoms. The van der Waals surface area contributed by atoms with Crippen molar-refractivity contribution in [2.75, 3.05) is 5.32 Å². The topological polar surface area (TPSA) is 69.4 Å². The zero-order valence-electron chi connectivity index (χ0n) is 8.57. The minimum absolute atomic E-state index is 0.680. The van der Waals surface area contributed by atoms with Gasteiger partial charge in [-0.05, 0) is 18.2 Å². The number of aromatic nitrogens is 4. The molecule has 0 radical (unpaired) electrons. The smallest absolute Gasteiger partial charge is 0.201 e. The average molecular weight is 213 g/mol. The summed E-state index contributed by atoms with van der Waals surface area (Å²) in [6, 6.07) is 9.87. The van der Waals surface area contributed by atoms with Crippen LogP contribution in [0.3, 0.4) is 0 Å². The van der Waals surface area contributed by atoms with Gasteiger partial charge in [0.2, 0.25) is 5.95 Å². The quantitative estimate of drug-likeness (QED) is 0.622. The fraction of sp³-hybridized carbons (Fsp3) is 0.0909. The van der Waals surface area contributed by atoms with Crippen molar-refractivity contribution in [3.63, 3.8) is 0 Å². The van der Waals surface area contributed by atoms with Crippen LogP contribution in [-0.4, -0.2) is 20.2 Å². The third-order valence-corrected chi connectivity index (χ3v) is 2.39. The zero-order chi connectivity index (χ0) is 10.8. The summed E-state index contributed by atoms with van der Waals surface area (Å²) in [5.41, 5.74) is 3.03. The van der Waals surface area contributed by atoms with Crippen LogP contribution in [0.4, 0.5) is 5.95 Å². The number of nitrogens with zero attached hydrogens (tertiary/aromatic N) is 2. The lowest BCUT2D eigenvalue weighted by Gasteiger charge is -1.98. The van der Waals surface area contributed by atoms with Crippen LogP contribution in [0, 0.1) is 0 Å². The van der Waals surface area contributed by atoms with Crippen molar-refractivity contribution in [1.29, 1.82) is 0 Å². The van der Waals surface area contributed by atoms with Crippen LogP contribution < -0.4 is 5.32 Å². The molecule has 3 rings (SSSR count). The van der Waals surface area contributed by atoms with E-state index in [1.165, 1.54) is 0 Å². The Morgan fingerprint density at radius 3 is 2.94 bits per heavy atom. The standard InChI is InChI=1S/C11H11N5/c1-2-4-10-9(3-1)14-11(15-10)12-7-8-5-6-13-16-8/h1-6H,7H2,(H,13,16)(H2,12,14,15). The van der Waals surface area contributed by atoms with Gasteiger partial charge in [0.25, 0.3) is 0 Å². The number of hydrogen-bond donors (Lipinski definition) is 3. The van der Waals surface area contributed by atoms with Crippen LogP contribution in [0.2, 0.25) is 0 Å². The van der Waals surface area contributed by atoms with E-state index in [9.17, 15) is 0 Å². The number of hydrogen-bond acceptors (Lipinski definition) is 3. The molecule has 16 heavy (non-hydrogen) atoms. The van der Waals surface area contributed by atoms with Gasteiger partial charge in [-0.1, -0.05) is 12.1 Å². The van der Waals surface area contributed by atoms with Crippen molar-refractivity contribution < 1.29 is 0 Å². The molecule has 1 aromatic carbocycles. The normalized spacial score (nSPS) is 10.8. The van der Waals surface area contributed by atoms with E-state index < -0.39 is 0 Å². The third-order valence-electron chi connectivity index (χ3n) is 2.39. The van der Waals surface area contributed by atoms with Gasteiger partial charge in [0, 0.05) is 6.20 Å². The first-order valence-corrected chi connectivity index (χ1v) is 5.09. The predicted molar refractivity (Wildman–Crippen MR) is 62.0 cm³/mol. The van der Waals surface area contributed by atoms with E-state index in [4.69, 9.17) is 0 Å². The Bertz CT molecular complexity index is 548. The Labute approximate surface area is 91.9 Å². The number of imidazole rings is 1. The van der Waals surface area contributed by atoms with Crippen molar-refractivity contribution in [2.45, 2.75) is 6.54 Å². The monoisotopic (exact) mass is 213 g/mol. The van der Waals surface area contributed by atoms with Crippen LogP contribution in [0.5, 0.6) is 0 Å². The molecule has 0 amide bonds. The summed E-state index contributed by atoms with van der Waals surface area (Å²) in [6.07, 6.45) is 1.73. The second-order valence-electron chi connectivity index (χ2n) is 3.54. The number of rotatable bonds is 3. The number of para-hydroxylation sites is 2. The van der Waals surface area contributed by atoms with Crippen molar-refractivity contribution in [3.05, 3.63) is 42.2 Å². The average Bonchev–Trinajstić information content (AvgIpc) is 2.95. The van der Waals surface area contributed by atoms with Gasteiger partial charge in [-0.25, -0.2) is 4.98 Å². The Morgan fingerprint density at radius 2 is 2.12 bits per heavy atom. The van der Waals surface area contributed by atoms with Crippen LogP contribution >= 0.6 is 0 Å².